The van der Waals surface area contributed by atoms with Crippen molar-refractivity contribution < 1.29 is 33.4 Å². The zero-order valence-corrected chi connectivity index (χ0v) is 38.8. The van der Waals surface area contributed by atoms with Crippen molar-refractivity contribution in [2.75, 3.05) is 57.7 Å². The second kappa shape index (κ2) is 19.9. The average molecular weight is 811 g/mol. The summed E-state index contributed by atoms with van der Waals surface area (Å²) in [5.41, 5.74) is -0.348. The third-order valence-corrected chi connectivity index (χ3v) is 9.70. The number of hydrogen-bond acceptors (Lipinski definition) is 10. The maximum absolute atomic E-state index is 13.5. The standard InChI is InChI=1S/C47H78N4O7/c1-43(2,3)31-50(32-44(4,5)6)23-22-49(28-39(52)56-45(7,8)9)27-37(51(29-40(53)57-46(10,11)12)30-41(54)58-47(13,14)15)25-33-17-20-36(21-18-33)48-42(55)38-26-34-16-19-35(38)24-34/h16-21,34-35,37-38H,22-32H2,1-15H3,(H,48,55). The molecule has 11 nitrogen and oxygen atoms in total. The zero-order valence-electron chi connectivity index (χ0n) is 38.8. The Labute approximate surface area is 351 Å². The first-order valence-corrected chi connectivity index (χ1v) is 21.3. The molecule has 0 radical (unpaired) electrons. The van der Waals surface area contributed by atoms with Crippen LogP contribution in [0.2, 0.25) is 0 Å². The largest absolute Gasteiger partial charge is 0.459 e. The van der Waals surface area contributed by atoms with E-state index in [1.807, 2.05) is 91.5 Å². The lowest BCUT2D eigenvalue weighted by Gasteiger charge is -2.38. The fraction of sp³-hybridized carbons (Fsp3) is 0.745. The number of nitrogens with zero attached hydrogens (tertiary/aromatic N) is 3. The molecule has 11 heteroatoms. The summed E-state index contributed by atoms with van der Waals surface area (Å²) in [5, 5.41) is 3.13. The fourth-order valence-electron chi connectivity index (χ4n) is 7.94. The predicted octanol–water partition coefficient (Wildman–Crippen LogP) is 7.77. The summed E-state index contributed by atoms with van der Waals surface area (Å²) in [6.45, 7) is 32.9. The number of carbonyl (C=O) groups is 4. The van der Waals surface area contributed by atoms with E-state index in [0.717, 1.165) is 37.2 Å². The van der Waals surface area contributed by atoms with Gasteiger partial charge < -0.3 is 24.4 Å². The smallest absolute Gasteiger partial charge is 0.320 e. The SMILES string of the molecule is CC(C)(C)CN(CCN(CC(=O)OC(C)(C)C)CC(Cc1ccc(NC(=O)C2CC3C=CC2C3)cc1)N(CC(=O)OC(C)(C)C)CC(=O)OC(C)(C)C)CC(C)(C)C. The molecule has 1 N–H and O–H groups in total. The van der Waals surface area contributed by atoms with Crippen LogP contribution in [0.5, 0.6) is 0 Å². The molecule has 0 aromatic heterocycles. The Morgan fingerprint density at radius 1 is 0.638 bits per heavy atom. The van der Waals surface area contributed by atoms with Crippen LogP contribution in [0.3, 0.4) is 0 Å². The highest BCUT2D eigenvalue weighted by Crippen LogP contribution is 2.43. The first-order valence-electron chi connectivity index (χ1n) is 21.3. The van der Waals surface area contributed by atoms with Crippen molar-refractivity contribution in [2.45, 2.75) is 146 Å². The van der Waals surface area contributed by atoms with Gasteiger partial charge in [0.25, 0.3) is 0 Å². The number of fused-ring (bicyclic) bond motifs is 2. The first kappa shape index (κ1) is 49.1. The van der Waals surface area contributed by atoms with Gasteiger partial charge in [0.1, 0.15) is 16.8 Å². The molecule has 4 atom stereocenters. The van der Waals surface area contributed by atoms with Crippen LogP contribution in [-0.2, 0) is 39.8 Å². The lowest BCUT2D eigenvalue weighted by molar-refractivity contribution is -0.162. The lowest BCUT2D eigenvalue weighted by Crippen LogP contribution is -2.52. The number of anilines is 1. The third kappa shape index (κ3) is 19.2. The maximum atomic E-state index is 13.5. The number of ether oxygens (including phenoxy) is 3. The van der Waals surface area contributed by atoms with Crippen LogP contribution in [0.1, 0.15) is 122 Å². The van der Waals surface area contributed by atoms with Crippen LogP contribution in [0, 0.1) is 28.6 Å². The van der Waals surface area contributed by atoms with E-state index in [4.69, 9.17) is 14.2 Å². The van der Waals surface area contributed by atoms with Gasteiger partial charge in [-0.1, -0.05) is 65.8 Å². The van der Waals surface area contributed by atoms with E-state index in [2.05, 4.69) is 68.8 Å². The number of esters is 3. The summed E-state index contributed by atoms with van der Waals surface area (Å²) < 4.78 is 17.4. The predicted molar refractivity (Wildman–Crippen MR) is 232 cm³/mol. The van der Waals surface area contributed by atoms with Gasteiger partial charge in [-0.2, -0.15) is 0 Å². The number of amides is 1. The van der Waals surface area contributed by atoms with Crippen LogP contribution in [0.4, 0.5) is 5.69 Å². The van der Waals surface area contributed by atoms with Gasteiger partial charge in [0.15, 0.2) is 0 Å². The van der Waals surface area contributed by atoms with E-state index < -0.39 is 34.8 Å². The molecule has 2 aliphatic rings. The van der Waals surface area contributed by atoms with E-state index in [1.54, 1.807) is 0 Å². The normalized spacial score (nSPS) is 19.2. The number of benzene rings is 1. The molecule has 58 heavy (non-hydrogen) atoms. The van der Waals surface area contributed by atoms with Crippen molar-refractivity contribution in [2.24, 2.45) is 28.6 Å². The molecule has 0 spiro atoms. The van der Waals surface area contributed by atoms with E-state index in [0.29, 0.717) is 37.9 Å². The third-order valence-electron chi connectivity index (χ3n) is 9.70. The number of allylic oxidation sites excluding steroid dienone is 2. The highest BCUT2D eigenvalue weighted by atomic mass is 16.6. The minimum atomic E-state index is -0.731. The molecular weight excluding hydrogens is 733 g/mol. The molecule has 2 bridgehead atoms. The van der Waals surface area contributed by atoms with Crippen molar-refractivity contribution in [3.05, 3.63) is 42.0 Å². The Hall–Kier alpha value is -3.28. The van der Waals surface area contributed by atoms with Gasteiger partial charge in [0.2, 0.25) is 5.91 Å². The van der Waals surface area contributed by atoms with Crippen molar-refractivity contribution >= 4 is 29.5 Å². The molecular formula is C47H78N4O7. The molecule has 0 heterocycles. The van der Waals surface area contributed by atoms with Gasteiger partial charge in [-0.15, -0.1) is 0 Å². The summed E-state index contributed by atoms with van der Waals surface area (Å²) in [6.07, 6.45) is 6.80. The average Bonchev–Trinajstić information content (AvgIpc) is 3.64. The summed E-state index contributed by atoms with van der Waals surface area (Å²) in [7, 11) is 0. The fourth-order valence-corrected chi connectivity index (χ4v) is 7.94. The van der Waals surface area contributed by atoms with Gasteiger partial charge in [-0.25, -0.2) is 0 Å². The molecule has 2 aliphatic carbocycles. The van der Waals surface area contributed by atoms with Crippen LogP contribution >= 0.6 is 0 Å². The second-order valence-corrected chi connectivity index (χ2v) is 22.2. The summed E-state index contributed by atoms with van der Waals surface area (Å²) in [6, 6.07) is 7.36. The number of hydrogen-bond donors (Lipinski definition) is 1. The summed E-state index contributed by atoms with van der Waals surface area (Å²) >= 11 is 0. The zero-order chi connectivity index (χ0) is 43.9. The molecule has 0 saturated heterocycles. The van der Waals surface area contributed by atoms with Gasteiger partial charge in [0.05, 0.1) is 19.6 Å². The Morgan fingerprint density at radius 2 is 1.10 bits per heavy atom. The highest BCUT2D eigenvalue weighted by Gasteiger charge is 2.40. The Kier molecular flexibility index (Phi) is 16.8. The lowest BCUT2D eigenvalue weighted by atomic mass is 9.92. The summed E-state index contributed by atoms with van der Waals surface area (Å²) in [5.74, 6) is -0.422. The van der Waals surface area contributed by atoms with Crippen molar-refractivity contribution in [3.8, 4) is 0 Å². The minimum absolute atomic E-state index is 0.00741. The number of nitrogens with one attached hydrogen (secondary N) is 1. The van der Waals surface area contributed by atoms with Crippen LogP contribution < -0.4 is 5.32 Å². The van der Waals surface area contributed by atoms with Crippen molar-refractivity contribution in [3.63, 3.8) is 0 Å². The van der Waals surface area contributed by atoms with Gasteiger partial charge in [-0.05, 0) is 122 Å². The first-order chi connectivity index (χ1) is 26.4. The number of carbonyl (C=O) groups excluding carboxylic acids is 4. The van der Waals surface area contributed by atoms with Crippen molar-refractivity contribution in [1.29, 1.82) is 0 Å². The van der Waals surface area contributed by atoms with E-state index >= 15 is 0 Å². The van der Waals surface area contributed by atoms with E-state index in [9.17, 15) is 19.2 Å². The van der Waals surface area contributed by atoms with Gasteiger partial charge in [-0.3, -0.25) is 29.0 Å². The molecule has 1 aromatic carbocycles. The molecule has 4 unspecified atom stereocenters. The molecule has 1 amide bonds. The monoisotopic (exact) mass is 811 g/mol. The van der Waals surface area contributed by atoms with E-state index in [-0.39, 0.29) is 48.3 Å². The van der Waals surface area contributed by atoms with E-state index in [1.165, 1.54) is 0 Å². The topological polar surface area (TPSA) is 118 Å². The molecule has 0 aliphatic heterocycles. The van der Waals surface area contributed by atoms with Crippen LogP contribution in [0.15, 0.2) is 36.4 Å². The maximum Gasteiger partial charge on any atom is 0.320 e. The second-order valence-electron chi connectivity index (χ2n) is 22.2. The van der Waals surface area contributed by atoms with Gasteiger partial charge >= 0.3 is 17.9 Å². The molecule has 1 fully saturated rings. The van der Waals surface area contributed by atoms with Crippen LogP contribution in [0.25, 0.3) is 0 Å². The summed E-state index contributed by atoms with van der Waals surface area (Å²) in [4.78, 5) is 60.2. The number of rotatable bonds is 18. The van der Waals surface area contributed by atoms with Crippen molar-refractivity contribution in [1.82, 2.24) is 14.7 Å². The molecule has 1 saturated carbocycles. The van der Waals surface area contributed by atoms with Gasteiger partial charge in [0, 0.05) is 50.4 Å². The Balaban J connectivity index is 2.00. The highest BCUT2D eigenvalue weighted by molar-refractivity contribution is 5.93. The molecule has 3 rings (SSSR count). The van der Waals surface area contributed by atoms with Crippen LogP contribution in [-0.4, -0.2) is 114 Å². The molecule has 328 valence electrons. The Bertz CT molecular complexity index is 1510. The Morgan fingerprint density at radius 3 is 1.52 bits per heavy atom. The minimum Gasteiger partial charge on any atom is -0.459 e. The quantitative estimate of drug-likeness (QED) is 0.0896. The molecule has 1 aromatic rings.